The zero-order valence-electron chi connectivity index (χ0n) is 16.5. The van der Waals surface area contributed by atoms with Crippen LogP contribution in [0.1, 0.15) is 62.0 Å². The third-order valence-corrected chi connectivity index (χ3v) is 6.77. The van der Waals surface area contributed by atoms with E-state index in [1.54, 1.807) is 11.8 Å². The fraction of sp³-hybridized carbons (Fsp3) is 0.750. The number of likely N-dealkylation sites (tertiary alicyclic amines) is 1. The summed E-state index contributed by atoms with van der Waals surface area (Å²) < 4.78 is 5.16. The number of aryl methyl sites for hydroxylation is 2. The van der Waals surface area contributed by atoms with E-state index in [-0.39, 0.29) is 23.8 Å². The van der Waals surface area contributed by atoms with Gasteiger partial charge in [0.2, 0.25) is 11.8 Å². The molecule has 1 saturated carbocycles. The Bertz CT molecular complexity index is 627. The van der Waals surface area contributed by atoms with Gasteiger partial charge in [-0.1, -0.05) is 24.4 Å². The molecular formula is C20H31N3O3S. The molecule has 1 N–H and O–H groups in total. The van der Waals surface area contributed by atoms with Crippen LogP contribution >= 0.6 is 11.8 Å². The lowest BCUT2D eigenvalue weighted by Gasteiger charge is -2.33. The number of aromatic nitrogens is 1. The fourth-order valence-electron chi connectivity index (χ4n) is 4.00. The van der Waals surface area contributed by atoms with Gasteiger partial charge in [0.1, 0.15) is 5.76 Å². The summed E-state index contributed by atoms with van der Waals surface area (Å²) in [6, 6.07) is 0.221. The van der Waals surface area contributed by atoms with Crippen LogP contribution in [0.15, 0.2) is 4.52 Å². The molecule has 2 heterocycles. The van der Waals surface area contributed by atoms with Gasteiger partial charge < -0.3 is 14.7 Å². The van der Waals surface area contributed by atoms with Gasteiger partial charge in [-0.15, -0.1) is 11.8 Å². The van der Waals surface area contributed by atoms with Crippen molar-refractivity contribution >= 4 is 23.6 Å². The Kier molecular flexibility index (Phi) is 7.21. The molecule has 0 radical (unpaired) electrons. The average Bonchev–Trinajstić information content (AvgIpc) is 3.01. The van der Waals surface area contributed by atoms with Crippen LogP contribution in [-0.4, -0.2) is 46.8 Å². The van der Waals surface area contributed by atoms with Crippen molar-refractivity contribution in [1.82, 2.24) is 15.4 Å². The van der Waals surface area contributed by atoms with E-state index in [1.807, 2.05) is 18.7 Å². The number of nitrogens with zero attached hydrogens (tertiary/aromatic N) is 2. The molecule has 150 valence electrons. The molecule has 0 atom stereocenters. The Balaban J connectivity index is 1.35. The number of nitrogens with one attached hydrogen (secondary N) is 1. The van der Waals surface area contributed by atoms with Gasteiger partial charge in [0, 0.05) is 36.4 Å². The molecule has 7 heteroatoms. The topological polar surface area (TPSA) is 75.4 Å². The van der Waals surface area contributed by atoms with Crippen LogP contribution in [0.2, 0.25) is 0 Å². The van der Waals surface area contributed by atoms with E-state index in [9.17, 15) is 9.59 Å². The second kappa shape index (κ2) is 9.62. The molecule has 27 heavy (non-hydrogen) atoms. The minimum absolute atomic E-state index is 0.184. The van der Waals surface area contributed by atoms with Crippen LogP contribution in [0, 0.1) is 19.8 Å². The number of thioether (sulfide) groups is 1. The highest BCUT2D eigenvalue weighted by molar-refractivity contribution is 7.99. The van der Waals surface area contributed by atoms with E-state index in [2.05, 4.69) is 10.5 Å². The van der Waals surface area contributed by atoms with Gasteiger partial charge in [-0.05, 0) is 39.5 Å². The number of amides is 2. The zero-order chi connectivity index (χ0) is 19.2. The van der Waals surface area contributed by atoms with E-state index < -0.39 is 0 Å². The first-order valence-electron chi connectivity index (χ1n) is 10.1. The highest BCUT2D eigenvalue weighted by Crippen LogP contribution is 2.24. The van der Waals surface area contributed by atoms with Crippen LogP contribution < -0.4 is 5.32 Å². The van der Waals surface area contributed by atoms with Crippen LogP contribution in [0.3, 0.4) is 0 Å². The maximum absolute atomic E-state index is 12.5. The molecular weight excluding hydrogens is 362 g/mol. The lowest BCUT2D eigenvalue weighted by Crippen LogP contribution is -2.48. The van der Waals surface area contributed by atoms with Gasteiger partial charge in [-0.3, -0.25) is 9.59 Å². The molecule has 3 rings (SSSR count). The largest absolute Gasteiger partial charge is 0.361 e. The van der Waals surface area contributed by atoms with Crippen molar-refractivity contribution in [3.63, 3.8) is 0 Å². The normalized spacial score (nSPS) is 19.3. The molecule has 2 fully saturated rings. The third-order valence-electron chi connectivity index (χ3n) is 5.82. The van der Waals surface area contributed by atoms with Crippen molar-refractivity contribution in [3.8, 4) is 0 Å². The second-order valence-corrected chi connectivity index (χ2v) is 8.78. The average molecular weight is 394 g/mol. The number of piperidine rings is 1. The maximum Gasteiger partial charge on any atom is 0.232 e. The van der Waals surface area contributed by atoms with Gasteiger partial charge >= 0.3 is 0 Å². The summed E-state index contributed by atoms with van der Waals surface area (Å²) in [7, 11) is 0. The van der Waals surface area contributed by atoms with Gasteiger partial charge in [-0.2, -0.15) is 0 Å². The molecule has 1 aliphatic heterocycles. The van der Waals surface area contributed by atoms with Gasteiger partial charge in [0.15, 0.2) is 0 Å². The van der Waals surface area contributed by atoms with Crippen molar-refractivity contribution in [2.24, 2.45) is 5.92 Å². The van der Waals surface area contributed by atoms with E-state index in [0.717, 1.165) is 61.5 Å². The highest BCUT2D eigenvalue weighted by atomic mass is 32.2. The predicted molar refractivity (Wildman–Crippen MR) is 106 cm³/mol. The fourth-order valence-corrected chi connectivity index (χ4v) is 5.07. The first-order chi connectivity index (χ1) is 13.0. The monoisotopic (exact) mass is 393 g/mol. The summed E-state index contributed by atoms with van der Waals surface area (Å²) in [5.74, 6) is 2.68. The summed E-state index contributed by atoms with van der Waals surface area (Å²) in [4.78, 5) is 26.8. The number of hydrogen-bond acceptors (Lipinski definition) is 5. The van der Waals surface area contributed by atoms with Gasteiger partial charge in [-0.25, -0.2) is 0 Å². The van der Waals surface area contributed by atoms with Crippen molar-refractivity contribution < 1.29 is 14.1 Å². The number of rotatable bonds is 6. The Morgan fingerprint density at radius 1 is 1.15 bits per heavy atom. The maximum atomic E-state index is 12.5. The van der Waals surface area contributed by atoms with Crippen LogP contribution in [0.5, 0.6) is 0 Å². The summed E-state index contributed by atoms with van der Waals surface area (Å²) in [5, 5.41) is 7.17. The highest BCUT2D eigenvalue weighted by Gasteiger charge is 2.27. The predicted octanol–water partition coefficient (Wildman–Crippen LogP) is 3.21. The third kappa shape index (κ3) is 5.50. The second-order valence-electron chi connectivity index (χ2n) is 7.79. The van der Waals surface area contributed by atoms with Crippen molar-refractivity contribution in [2.75, 3.05) is 18.8 Å². The minimum atomic E-state index is 0.184. The molecule has 0 aromatic carbocycles. The lowest BCUT2D eigenvalue weighted by molar-refractivity contribution is -0.130. The van der Waals surface area contributed by atoms with E-state index in [1.165, 1.54) is 19.3 Å². The molecule has 1 aliphatic carbocycles. The Labute approximate surface area is 165 Å². The smallest absolute Gasteiger partial charge is 0.232 e. The molecule has 0 spiro atoms. The molecule has 1 aromatic heterocycles. The van der Waals surface area contributed by atoms with Crippen molar-refractivity contribution in [1.29, 1.82) is 0 Å². The molecule has 2 aliphatic rings. The summed E-state index contributed by atoms with van der Waals surface area (Å²) >= 11 is 1.61. The number of carbonyl (C=O) groups is 2. The molecule has 1 saturated heterocycles. The van der Waals surface area contributed by atoms with E-state index in [0.29, 0.717) is 5.75 Å². The number of carbonyl (C=O) groups excluding carboxylic acids is 2. The summed E-state index contributed by atoms with van der Waals surface area (Å²) in [6.07, 6.45) is 7.40. The molecule has 0 unspecified atom stereocenters. The zero-order valence-corrected chi connectivity index (χ0v) is 17.3. The number of hydrogen-bond donors (Lipinski definition) is 1. The van der Waals surface area contributed by atoms with E-state index in [4.69, 9.17) is 4.52 Å². The SMILES string of the molecule is Cc1noc(C)c1CSCC(=O)N1CCC(NC(=O)C2CCCCC2)CC1. The molecule has 1 aromatic rings. The quantitative estimate of drug-likeness (QED) is 0.803. The van der Waals surface area contributed by atoms with E-state index >= 15 is 0 Å². The standard InChI is InChI=1S/C20H31N3O3S/c1-14-18(15(2)26-22-14)12-27-13-19(24)23-10-8-17(9-11-23)21-20(25)16-6-4-3-5-7-16/h16-17H,3-13H2,1-2H3,(H,21,25). The Morgan fingerprint density at radius 3 is 2.48 bits per heavy atom. The first-order valence-corrected chi connectivity index (χ1v) is 11.3. The molecule has 0 bridgehead atoms. The first kappa shape index (κ1) is 20.2. The Morgan fingerprint density at radius 2 is 1.85 bits per heavy atom. The molecule has 2 amide bonds. The molecule has 6 nitrogen and oxygen atoms in total. The Hall–Kier alpha value is -1.50. The van der Waals surface area contributed by atoms with Gasteiger partial charge in [0.05, 0.1) is 11.4 Å². The summed E-state index contributed by atoms with van der Waals surface area (Å²) in [6.45, 7) is 5.31. The van der Waals surface area contributed by atoms with Crippen LogP contribution in [-0.2, 0) is 15.3 Å². The van der Waals surface area contributed by atoms with Crippen molar-refractivity contribution in [3.05, 3.63) is 17.0 Å². The van der Waals surface area contributed by atoms with Crippen molar-refractivity contribution in [2.45, 2.75) is 70.6 Å². The minimum Gasteiger partial charge on any atom is -0.361 e. The van der Waals surface area contributed by atoms with Crippen LogP contribution in [0.25, 0.3) is 0 Å². The van der Waals surface area contributed by atoms with Crippen LogP contribution in [0.4, 0.5) is 0 Å². The lowest BCUT2D eigenvalue weighted by atomic mass is 9.88. The van der Waals surface area contributed by atoms with Gasteiger partial charge in [0.25, 0.3) is 0 Å². The summed E-state index contributed by atoms with van der Waals surface area (Å²) in [5.41, 5.74) is 2.00.